The van der Waals surface area contributed by atoms with Crippen molar-refractivity contribution >= 4 is 32.5 Å². The van der Waals surface area contributed by atoms with Gasteiger partial charge in [0.1, 0.15) is 5.65 Å². The minimum atomic E-state index is -3.87. The second-order valence-corrected chi connectivity index (χ2v) is 9.02. The number of sulfonamides is 1. The fourth-order valence-electron chi connectivity index (χ4n) is 3.45. The summed E-state index contributed by atoms with van der Waals surface area (Å²) >= 11 is 0. The Bertz CT molecular complexity index is 1630. The predicted molar refractivity (Wildman–Crippen MR) is 118 cm³/mol. The van der Waals surface area contributed by atoms with Crippen molar-refractivity contribution in [1.82, 2.24) is 14.0 Å². The summed E-state index contributed by atoms with van der Waals surface area (Å²) in [5.74, 6) is -0.548. The lowest BCUT2D eigenvalue weighted by atomic mass is 10.1. The molecule has 0 aliphatic rings. The summed E-state index contributed by atoms with van der Waals surface area (Å²) in [6.07, 6.45) is 3.84. The molecule has 0 aliphatic carbocycles. The largest absolute Gasteiger partial charge is 0.419 e. The topological polar surface area (TPSA) is 98.6 Å². The van der Waals surface area contributed by atoms with Gasteiger partial charge in [-0.25, -0.2) is 18.2 Å². The van der Waals surface area contributed by atoms with Crippen molar-refractivity contribution in [3.05, 3.63) is 83.1 Å². The quantitative estimate of drug-likeness (QED) is 0.466. The molecular weight excluding hydrogens is 416 g/mol. The highest BCUT2D eigenvalue weighted by atomic mass is 32.2. The molecule has 31 heavy (non-hydrogen) atoms. The summed E-state index contributed by atoms with van der Waals surface area (Å²) in [4.78, 5) is 16.3. The zero-order chi connectivity index (χ0) is 21.8. The molecule has 0 fully saturated rings. The zero-order valence-corrected chi connectivity index (χ0v) is 17.6. The van der Waals surface area contributed by atoms with Crippen LogP contribution in [0.25, 0.3) is 28.0 Å². The summed E-state index contributed by atoms with van der Waals surface area (Å²) in [5, 5.41) is 0. The van der Waals surface area contributed by atoms with Crippen molar-refractivity contribution < 1.29 is 12.8 Å². The van der Waals surface area contributed by atoms with Gasteiger partial charge in [0, 0.05) is 30.7 Å². The maximum absolute atomic E-state index is 12.9. The van der Waals surface area contributed by atoms with Crippen LogP contribution >= 0.6 is 0 Å². The van der Waals surface area contributed by atoms with E-state index in [-0.39, 0.29) is 4.90 Å². The molecule has 0 atom stereocenters. The van der Waals surface area contributed by atoms with E-state index in [1.807, 2.05) is 41.9 Å². The van der Waals surface area contributed by atoms with Crippen LogP contribution in [0.1, 0.15) is 5.56 Å². The van der Waals surface area contributed by atoms with Crippen molar-refractivity contribution in [3.63, 3.8) is 0 Å². The number of imidazole rings is 1. The van der Waals surface area contributed by atoms with Gasteiger partial charge in [0.2, 0.25) is 0 Å². The number of aryl methyl sites for hydroxylation is 2. The van der Waals surface area contributed by atoms with Crippen LogP contribution in [0.3, 0.4) is 0 Å². The summed E-state index contributed by atoms with van der Waals surface area (Å²) in [7, 11) is -2.35. The van der Waals surface area contributed by atoms with E-state index in [1.54, 1.807) is 18.2 Å². The van der Waals surface area contributed by atoms with Crippen LogP contribution in [0.4, 0.5) is 5.69 Å². The van der Waals surface area contributed by atoms with E-state index in [4.69, 9.17) is 4.42 Å². The van der Waals surface area contributed by atoms with Crippen molar-refractivity contribution in [3.8, 4) is 11.3 Å². The molecule has 0 saturated carbocycles. The van der Waals surface area contributed by atoms with E-state index >= 15 is 0 Å². The Balaban J connectivity index is 1.49. The molecule has 9 heteroatoms. The van der Waals surface area contributed by atoms with E-state index in [0.29, 0.717) is 16.8 Å². The van der Waals surface area contributed by atoms with E-state index in [0.717, 1.165) is 22.5 Å². The molecule has 0 aliphatic heterocycles. The van der Waals surface area contributed by atoms with Gasteiger partial charge in [-0.15, -0.1) is 0 Å². The van der Waals surface area contributed by atoms with Gasteiger partial charge in [-0.05, 0) is 55.0 Å². The number of hydrogen-bond acceptors (Lipinski definition) is 5. The molecule has 0 bridgehead atoms. The number of nitrogens with zero attached hydrogens (tertiary/aromatic N) is 3. The van der Waals surface area contributed by atoms with E-state index in [1.165, 1.54) is 29.8 Å². The number of aromatic nitrogens is 3. The van der Waals surface area contributed by atoms with Crippen LogP contribution in [0.2, 0.25) is 0 Å². The van der Waals surface area contributed by atoms with Crippen LogP contribution in [-0.2, 0) is 17.1 Å². The molecule has 8 nitrogen and oxygen atoms in total. The van der Waals surface area contributed by atoms with Crippen LogP contribution in [0.5, 0.6) is 0 Å². The van der Waals surface area contributed by atoms with Crippen LogP contribution in [0.15, 0.2) is 81.1 Å². The smallest absolute Gasteiger partial charge is 0.408 e. The Morgan fingerprint density at radius 1 is 1.06 bits per heavy atom. The van der Waals surface area contributed by atoms with Crippen molar-refractivity contribution in [1.29, 1.82) is 0 Å². The number of pyridine rings is 1. The van der Waals surface area contributed by atoms with Gasteiger partial charge in [-0.2, -0.15) is 0 Å². The Labute approximate surface area is 177 Å². The minimum Gasteiger partial charge on any atom is -0.408 e. The third-order valence-electron chi connectivity index (χ3n) is 5.10. The molecule has 1 N–H and O–H groups in total. The molecule has 0 amide bonds. The van der Waals surface area contributed by atoms with Crippen molar-refractivity contribution in [2.75, 3.05) is 4.72 Å². The van der Waals surface area contributed by atoms with Gasteiger partial charge in [0.15, 0.2) is 5.58 Å². The molecule has 0 spiro atoms. The second-order valence-electron chi connectivity index (χ2n) is 7.34. The normalized spacial score (nSPS) is 11.9. The van der Waals surface area contributed by atoms with E-state index in [9.17, 15) is 13.2 Å². The number of benzene rings is 2. The summed E-state index contributed by atoms with van der Waals surface area (Å²) in [6.45, 7) is 2.00. The lowest BCUT2D eigenvalue weighted by molar-refractivity contribution is 0.528. The Kier molecular flexibility index (Phi) is 4.23. The molecule has 156 valence electrons. The molecule has 2 aromatic carbocycles. The second kappa shape index (κ2) is 6.85. The fraction of sp³-hybridized carbons (Fsp3) is 0.0909. The monoisotopic (exact) mass is 434 g/mol. The summed E-state index contributed by atoms with van der Waals surface area (Å²) in [5.41, 5.74) is 4.60. The average molecular weight is 434 g/mol. The van der Waals surface area contributed by atoms with Gasteiger partial charge in [0.05, 0.1) is 16.1 Å². The molecule has 0 saturated heterocycles. The van der Waals surface area contributed by atoms with Gasteiger partial charge in [-0.1, -0.05) is 12.1 Å². The first-order valence-electron chi connectivity index (χ1n) is 9.48. The SMILES string of the molecule is Cc1ccn2cc(-c3cccc(NS(=O)(=O)c4ccc5oc(=O)n(C)c5c4)c3)nc2c1. The molecule has 3 heterocycles. The predicted octanol–water partition coefficient (Wildman–Crippen LogP) is 3.56. The molecule has 5 rings (SSSR count). The van der Waals surface area contributed by atoms with E-state index < -0.39 is 15.8 Å². The molecule has 3 aromatic heterocycles. The number of fused-ring (bicyclic) bond motifs is 2. The lowest BCUT2D eigenvalue weighted by Gasteiger charge is -2.09. The van der Waals surface area contributed by atoms with Gasteiger partial charge < -0.3 is 8.82 Å². The maximum Gasteiger partial charge on any atom is 0.419 e. The summed E-state index contributed by atoms with van der Waals surface area (Å²) in [6, 6.07) is 15.3. The first-order valence-corrected chi connectivity index (χ1v) is 11.0. The highest BCUT2D eigenvalue weighted by Crippen LogP contribution is 2.25. The number of anilines is 1. The number of nitrogens with one attached hydrogen (secondary N) is 1. The average Bonchev–Trinajstić information content (AvgIpc) is 3.28. The molecular formula is C22H18N4O4S. The first-order chi connectivity index (χ1) is 14.8. The Hall–Kier alpha value is -3.85. The third kappa shape index (κ3) is 3.38. The minimum absolute atomic E-state index is 0.0324. The van der Waals surface area contributed by atoms with Gasteiger partial charge >= 0.3 is 5.76 Å². The highest BCUT2D eigenvalue weighted by Gasteiger charge is 2.17. The highest BCUT2D eigenvalue weighted by molar-refractivity contribution is 7.92. The molecule has 0 unspecified atom stereocenters. The van der Waals surface area contributed by atoms with Crippen molar-refractivity contribution in [2.24, 2.45) is 7.05 Å². The molecule has 5 aromatic rings. The van der Waals surface area contributed by atoms with Gasteiger partial charge in [-0.3, -0.25) is 9.29 Å². The molecule has 0 radical (unpaired) electrons. The summed E-state index contributed by atoms with van der Waals surface area (Å²) < 4.78 is 36.7. The first kappa shape index (κ1) is 19.1. The lowest BCUT2D eigenvalue weighted by Crippen LogP contribution is -2.13. The van der Waals surface area contributed by atoms with E-state index in [2.05, 4.69) is 9.71 Å². The van der Waals surface area contributed by atoms with Crippen LogP contribution in [0, 0.1) is 6.92 Å². The number of hydrogen-bond donors (Lipinski definition) is 1. The Morgan fingerprint density at radius 3 is 2.74 bits per heavy atom. The third-order valence-corrected chi connectivity index (χ3v) is 6.48. The standard InChI is InChI=1S/C22H18N4O4S/c1-14-8-9-26-13-18(23-21(26)10-14)15-4-3-5-16(11-15)24-31(28,29)17-6-7-20-19(12-17)25(2)22(27)30-20/h3-13,24H,1-2H3. The number of oxazole rings is 1. The van der Waals surface area contributed by atoms with Crippen LogP contribution in [-0.4, -0.2) is 22.4 Å². The fourth-order valence-corrected chi connectivity index (χ4v) is 4.52. The van der Waals surface area contributed by atoms with Gasteiger partial charge in [0.25, 0.3) is 10.0 Å². The van der Waals surface area contributed by atoms with Crippen LogP contribution < -0.4 is 10.5 Å². The zero-order valence-electron chi connectivity index (χ0n) is 16.7. The van der Waals surface area contributed by atoms with Crippen molar-refractivity contribution in [2.45, 2.75) is 11.8 Å². The Morgan fingerprint density at radius 2 is 1.90 bits per heavy atom. The number of rotatable bonds is 4. The maximum atomic E-state index is 12.9.